The first kappa shape index (κ1) is 21.8. The van der Waals surface area contributed by atoms with Crippen molar-refractivity contribution in [3.05, 3.63) is 28.2 Å². The van der Waals surface area contributed by atoms with Crippen LogP contribution in [0.1, 0.15) is 56.9 Å². The van der Waals surface area contributed by atoms with Crippen LogP contribution in [0.3, 0.4) is 0 Å². The van der Waals surface area contributed by atoms with Crippen molar-refractivity contribution in [2.45, 2.75) is 51.4 Å². The first-order chi connectivity index (χ1) is 15.2. The minimum absolute atomic E-state index is 0.158. The number of phenols is 1. The highest BCUT2D eigenvalue weighted by Crippen LogP contribution is 2.23. The molecule has 3 heterocycles. The lowest BCUT2D eigenvalue weighted by Crippen LogP contribution is -2.30. The van der Waals surface area contributed by atoms with Crippen molar-refractivity contribution in [1.82, 2.24) is 15.0 Å². The minimum Gasteiger partial charge on any atom is -0.507 e. The Morgan fingerprint density at radius 3 is 1.90 bits per heavy atom. The molecule has 4 rings (SSSR count). The summed E-state index contributed by atoms with van der Waals surface area (Å²) in [6.07, 6.45) is 11.2. The Morgan fingerprint density at radius 2 is 1.39 bits per heavy atom. The Kier molecular flexibility index (Phi) is 7.56. The molecule has 31 heavy (non-hydrogen) atoms. The van der Waals surface area contributed by atoms with E-state index >= 15 is 0 Å². The van der Waals surface area contributed by atoms with Gasteiger partial charge in [0.15, 0.2) is 0 Å². The largest absolute Gasteiger partial charge is 0.507 e. The first-order valence-electron chi connectivity index (χ1n) is 11.2. The molecule has 0 spiro atoms. The predicted octanol–water partition coefficient (Wildman–Crippen LogP) is 4.55. The molecule has 1 aromatic heterocycles. The number of anilines is 3. The zero-order valence-electron chi connectivity index (χ0n) is 17.8. The molecular weight excluding hydrogens is 458 g/mol. The average Bonchev–Trinajstić information content (AvgIpc) is 3.21. The Balaban J connectivity index is 1.57. The monoisotopic (exact) mass is 487 g/mol. The third kappa shape index (κ3) is 6.06. The van der Waals surface area contributed by atoms with E-state index < -0.39 is 0 Å². The highest BCUT2D eigenvalue weighted by molar-refractivity contribution is 9.10. The van der Waals surface area contributed by atoms with Crippen LogP contribution in [0, 0.1) is 0 Å². The van der Waals surface area contributed by atoms with Gasteiger partial charge in [0.2, 0.25) is 17.8 Å². The van der Waals surface area contributed by atoms with E-state index in [-0.39, 0.29) is 5.75 Å². The molecule has 0 unspecified atom stereocenters. The zero-order valence-corrected chi connectivity index (χ0v) is 19.4. The Labute approximate surface area is 191 Å². The van der Waals surface area contributed by atoms with Crippen LogP contribution < -0.4 is 15.2 Å². The molecule has 1 aromatic carbocycles. The Bertz CT molecular complexity index is 853. The van der Waals surface area contributed by atoms with Crippen LogP contribution in [-0.2, 0) is 0 Å². The van der Waals surface area contributed by atoms with Gasteiger partial charge in [-0.05, 0) is 43.9 Å². The van der Waals surface area contributed by atoms with Gasteiger partial charge in [0.1, 0.15) is 5.75 Å². The summed E-state index contributed by atoms with van der Waals surface area (Å²) in [5, 5.41) is 14.3. The van der Waals surface area contributed by atoms with Crippen molar-refractivity contribution in [3.63, 3.8) is 0 Å². The highest BCUT2D eigenvalue weighted by atomic mass is 79.9. The minimum atomic E-state index is 0.158. The molecule has 0 bridgehead atoms. The lowest BCUT2D eigenvalue weighted by atomic mass is 10.2. The summed E-state index contributed by atoms with van der Waals surface area (Å²) in [5.74, 6) is 2.04. The van der Waals surface area contributed by atoms with Gasteiger partial charge in [-0.15, -0.1) is 0 Å². The molecule has 0 aliphatic carbocycles. The van der Waals surface area contributed by atoms with Gasteiger partial charge in [-0.2, -0.15) is 20.1 Å². The number of benzene rings is 1. The third-order valence-corrected chi connectivity index (χ3v) is 6.24. The number of aromatic nitrogens is 3. The number of hydrogen-bond donors (Lipinski definition) is 2. The second-order valence-corrected chi connectivity index (χ2v) is 9.05. The van der Waals surface area contributed by atoms with E-state index in [1.54, 1.807) is 18.3 Å². The lowest BCUT2D eigenvalue weighted by molar-refractivity contribution is 0.474. The number of nitrogens with one attached hydrogen (secondary N) is 1. The maximum atomic E-state index is 10.1. The maximum Gasteiger partial charge on any atom is 0.250 e. The summed E-state index contributed by atoms with van der Waals surface area (Å²) >= 11 is 3.35. The smallest absolute Gasteiger partial charge is 0.250 e. The zero-order chi connectivity index (χ0) is 21.5. The molecule has 8 nitrogen and oxygen atoms in total. The van der Waals surface area contributed by atoms with Gasteiger partial charge < -0.3 is 14.9 Å². The van der Waals surface area contributed by atoms with Crippen molar-refractivity contribution in [2.75, 3.05) is 41.4 Å². The molecule has 2 aliphatic heterocycles. The summed E-state index contributed by atoms with van der Waals surface area (Å²) in [6, 6.07) is 5.29. The number of hydrazone groups is 1. The number of halogens is 1. The van der Waals surface area contributed by atoms with Crippen molar-refractivity contribution in [2.24, 2.45) is 5.10 Å². The Hall–Kier alpha value is -2.42. The summed E-state index contributed by atoms with van der Waals surface area (Å²) in [5.41, 5.74) is 3.57. The SMILES string of the molecule is Oc1cc(Br)ccc1/C=N\Nc1nc(N2CCCCCC2)nc(N2CCCCCC2)n1. The number of nitrogens with zero attached hydrogens (tertiary/aromatic N) is 6. The van der Waals surface area contributed by atoms with E-state index in [4.69, 9.17) is 4.98 Å². The normalized spacial score (nSPS) is 18.1. The van der Waals surface area contributed by atoms with Gasteiger partial charge in [-0.3, -0.25) is 0 Å². The van der Waals surface area contributed by atoms with Gasteiger partial charge in [0.05, 0.1) is 6.21 Å². The maximum absolute atomic E-state index is 10.1. The molecular formula is C22H30BrN7O. The van der Waals surface area contributed by atoms with Crippen molar-refractivity contribution in [1.29, 1.82) is 0 Å². The lowest BCUT2D eigenvalue weighted by Gasteiger charge is -2.24. The number of hydrogen-bond acceptors (Lipinski definition) is 8. The van der Waals surface area contributed by atoms with Gasteiger partial charge in [0, 0.05) is 36.2 Å². The standard InChI is InChI=1S/C22H30BrN7O/c23-18-10-9-17(19(31)15-18)16-24-28-20-25-21(29-11-5-1-2-6-12-29)27-22(26-20)30-13-7-3-4-8-14-30/h9-10,15-16,31H,1-8,11-14H2,(H,25,26,27,28)/b24-16-. The van der Waals surface area contributed by atoms with E-state index in [1.807, 2.05) is 6.07 Å². The first-order valence-corrected chi connectivity index (χ1v) is 12.0. The number of aromatic hydroxyl groups is 1. The van der Waals surface area contributed by atoms with E-state index in [9.17, 15) is 5.11 Å². The van der Waals surface area contributed by atoms with Crippen LogP contribution in [0.25, 0.3) is 0 Å². The fraction of sp³-hybridized carbons (Fsp3) is 0.545. The number of rotatable bonds is 5. The molecule has 0 atom stereocenters. The van der Waals surface area contributed by atoms with Crippen molar-refractivity contribution < 1.29 is 5.11 Å². The van der Waals surface area contributed by atoms with E-state index in [0.29, 0.717) is 11.5 Å². The van der Waals surface area contributed by atoms with Crippen molar-refractivity contribution in [3.8, 4) is 5.75 Å². The quantitative estimate of drug-likeness (QED) is 0.472. The fourth-order valence-corrected chi connectivity index (χ4v) is 4.36. The molecule has 0 radical (unpaired) electrons. The van der Waals surface area contributed by atoms with E-state index in [0.717, 1.165) is 68.2 Å². The van der Waals surface area contributed by atoms with Gasteiger partial charge in [-0.1, -0.05) is 41.6 Å². The van der Waals surface area contributed by atoms with Crippen molar-refractivity contribution >= 4 is 40.0 Å². The Morgan fingerprint density at radius 1 is 0.839 bits per heavy atom. The summed E-state index contributed by atoms with van der Waals surface area (Å²) in [4.78, 5) is 18.7. The van der Waals surface area contributed by atoms with Crippen LogP contribution in [0.15, 0.2) is 27.8 Å². The second kappa shape index (κ2) is 10.7. The summed E-state index contributed by atoms with van der Waals surface area (Å²) in [7, 11) is 0. The molecule has 0 amide bonds. The highest BCUT2D eigenvalue weighted by Gasteiger charge is 2.19. The molecule has 166 valence electrons. The molecule has 2 N–H and O–H groups in total. The predicted molar refractivity (Wildman–Crippen MR) is 128 cm³/mol. The molecule has 2 fully saturated rings. The average molecular weight is 488 g/mol. The molecule has 2 aromatic rings. The molecule has 9 heteroatoms. The molecule has 2 saturated heterocycles. The van der Waals surface area contributed by atoms with Crippen LogP contribution in [-0.4, -0.2) is 52.5 Å². The fourth-order valence-electron chi connectivity index (χ4n) is 4.01. The van der Waals surface area contributed by atoms with E-state index in [2.05, 4.69) is 46.2 Å². The molecule has 0 saturated carbocycles. The van der Waals surface area contributed by atoms with Gasteiger partial charge >= 0.3 is 0 Å². The summed E-state index contributed by atoms with van der Waals surface area (Å²) < 4.78 is 0.816. The van der Waals surface area contributed by atoms with Crippen LogP contribution in [0.2, 0.25) is 0 Å². The number of phenolic OH excluding ortho intramolecular Hbond substituents is 1. The van der Waals surface area contributed by atoms with Gasteiger partial charge in [-0.25, -0.2) is 5.43 Å². The topological polar surface area (TPSA) is 89.8 Å². The molecule has 2 aliphatic rings. The summed E-state index contributed by atoms with van der Waals surface area (Å²) in [6.45, 7) is 3.88. The van der Waals surface area contributed by atoms with Gasteiger partial charge in [0.25, 0.3) is 0 Å². The van der Waals surface area contributed by atoms with Crippen LogP contribution in [0.4, 0.5) is 17.8 Å². The van der Waals surface area contributed by atoms with Crippen LogP contribution >= 0.6 is 15.9 Å². The third-order valence-electron chi connectivity index (χ3n) is 5.75. The second-order valence-electron chi connectivity index (χ2n) is 8.13. The van der Waals surface area contributed by atoms with Crippen LogP contribution in [0.5, 0.6) is 5.75 Å². The van der Waals surface area contributed by atoms with E-state index in [1.165, 1.54) is 25.7 Å².